The molecule has 1 amide bonds. The van der Waals surface area contributed by atoms with Gasteiger partial charge in [-0.15, -0.1) is 11.3 Å². The zero-order chi connectivity index (χ0) is 18.3. The van der Waals surface area contributed by atoms with Crippen molar-refractivity contribution in [3.63, 3.8) is 0 Å². The summed E-state index contributed by atoms with van der Waals surface area (Å²) in [5.74, 6) is 0.650. The molecule has 1 aliphatic rings. The molecule has 4 heterocycles. The van der Waals surface area contributed by atoms with Crippen molar-refractivity contribution in [2.75, 3.05) is 13.1 Å². The Morgan fingerprint density at radius 2 is 2.23 bits per heavy atom. The minimum atomic E-state index is -0.338. The fraction of sp³-hybridized carbons (Fsp3) is 0.444. The fourth-order valence-electron chi connectivity index (χ4n) is 3.33. The van der Waals surface area contributed by atoms with Gasteiger partial charge in [-0.3, -0.25) is 4.79 Å². The molecular formula is C18H21N5O2S. The van der Waals surface area contributed by atoms with Crippen LogP contribution in [-0.4, -0.2) is 43.5 Å². The predicted octanol–water partition coefficient (Wildman–Crippen LogP) is 2.62. The van der Waals surface area contributed by atoms with Crippen molar-refractivity contribution in [3.05, 3.63) is 50.5 Å². The molecule has 0 spiro atoms. The molecule has 4 rings (SSSR count). The Hall–Kier alpha value is -2.48. The van der Waals surface area contributed by atoms with Crippen LogP contribution < -0.4 is 5.69 Å². The number of nitrogens with one attached hydrogen (secondary N) is 1. The van der Waals surface area contributed by atoms with Crippen LogP contribution in [0.1, 0.15) is 59.6 Å². The molecule has 1 fully saturated rings. The van der Waals surface area contributed by atoms with Crippen molar-refractivity contribution in [2.24, 2.45) is 0 Å². The summed E-state index contributed by atoms with van der Waals surface area (Å²) in [5.41, 5.74) is 1.80. The maximum Gasteiger partial charge on any atom is 0.347 e. The van der Waals surface area contributed by atoms with E-state index in [4.69, 9.17) is 4.98 Å². The van der Waals surface area contributed by atoms with Crippen molar-refractivity contribution in [1.29, 1.82) is 0 Å². The number of hydrogen-bond acceptors (Lipinski definition) is 5. The summed E-state index contributed by atoms with van der Waals surface area (Å²) in [4.78, 5) is 31.3. The number of thiazole rings is 1. The molecule has 3 aromatic rings. The van der Waals surface area contributed by atoms with E-state index < -0.39 is 0 Å². The summed E-state index contributed by atoms with van der Waals surface area (Å²) in [7, 11) is 0. The molecular weight excluding hydrogens is 350 g/mol. The Bertz CT molecular complexity index is 1000. The summed E-state index contributed by atoms with van der Waals surface area (Å²) in [6, 6.07) is 3.41. The van der Waals surface area contributed by atoms with Crippen LogP contribution in [-0.2, 0) is 0 Å². The number of likely N-dealkylation sites (tertiary alicyclic amines) is 1. The molecule has 3 aromatic heterocycles. The Balaban J connectivity index is 1.55. The second-order valence-electron chi connectivity index (χ2n) is 7.03. The van der Waals surface area contributed by atoms with Crippen molar-refractivity contribution in [2.45, 2.75) is 38.5 Å². The fourth-order valence-corrected chi connectivity index (χ4v) is 4.44. The van der Waals surface area contributed by atoms with Crippen LogP contribution in [0.4, 0.5) is 0 Å². The van der Waals surface area contributed by atoms with E-state index in [1.54, 1.807) is 29.7 Å². The van der Waals surface area contributed by atoms with Gasteiger partial charge in [-0.05, 0) is 30.9 Å². The maximum atomic E-state index is 12.9. The summed E-state index contributed by atoms with van der Waals surface area (Å²) in [6.07, 6.45) is 3.57. The summed E-state index contributed by atoms with van der Waals surface area (Å²) >= 11 is 1.69. The van der Waals surface area contributed by atoms with Gasteiger partial charge in [0.05, 0.1) is 16.3 Å². The molecule has 26 heavy (non-hydrogen) atoms. The highest BCUT2D eigenvalue weighted by Crippen LogP contribution is 2.31. The Labute approximate surface area is 154 Å². The molecule has 7 nitrogen and oxygen atoms in total. The Kier molecular flexibility index (Phi) is 4.36. The van der Waals surface area contributed by atoms with E-state index in [1.165, 1.54) is 4.40 Å². The largest absolute Gasteiger partial charge is 0.347 e. The second-order valence-corrected chi connectivity index (χ2v) is 7.92. The van der Waals surface area contributed by atoms with Crippen LogP contribution in [0.25, 0.3) is 5.65 Å². The third-order valence-corrected chi connectivity index (χ3v) is 5.87. The summed E-state index contributed by atoms with van der Waals surface area (Å²) < 4.78 is 1.37. The van der Waals surface area contributed by atoms with Gasteiger partial charge in [0.25, 0.3) is 5.91 Å². The lowest BCUT2D eigenvalue weighted by Gasteiger charge is -2.32. The van der Waals surface area contributed by atoms with E-state index >= 15 is 0 Å². The number of carbonyl (C=O) groups is 1. The van der Waals surface area contributed by atoms with Gasteiger partial charge in [0.2, 0.25) is 0 Å². The van der Waals surface area contributed by atoms with Gasteiger partial charge in [0, 0.05) is 30.6 Å². The SMILES string of the molecule is CC(C)c1csc([C@H]2CCCN(C(=O)c3ccc4n[nH]c(=O)n4c3)C2)n1. The maximum absolute atomic E-state index is 12.9. The van der Waals surface area contributed by atoms with E-state index in [0.717, 1.165) is 30.1 Å². The minimum absolute atomic E-state index is 0.0506. The highest BCUT2D eigenvalue weighted by Gasteiger charge is 2.27. The third-order valence-electron chi connectivity index (χ3n) is 4.85. The molecule has 0 aromatic carbocycles. The number of nitrogens with zero attached hydrogens (tertiary/aromatic N) is 4. The number of fused-ring (bicyclic) bond motifs is 1. The lowest BCUT2D eigenvalue weighted by Crippen LogP contribution is -2.39. The first-order chi connectivity index (χ1) is 12.5. The van der Waals surface area contributed by atoms with Gasteiger partial charge in [-0.25, -0.2) is 19.3 Å². The first kappa shape index (κ1) is 17.0. The van der Waals surface area contributed by atoms with Crippen molar-refractivity contribution < 1.29 is 4.79 Å². The number of carbonyl (C=O) groups excluding carboxylic acids is 1. The number of pyridine rings is 1. The lowest BCUT2D eigenvalue weighted by molar-refractivity contribution is 0.0706. The van der Waals surface area contributed by atoms with Crippen LogP contribution in [0.2, 0.25) is 0 Å². The molecule has 0 unspecified atom stereocenters. The quantitative estimate of drug-likeness (QED) is 0.767. The lowest BCUT2D eigenvalue weighted by atomic mass is 9.98. The second kappa shape index (κ2) is 6.68. The molecule has 0 radical (unpaired) electrons. The highest BCUT2D eigenvalue weighted by molar-refractivity contribution is 7.09. The number of piperidine rings is 1. The van der Waals surface area contributed by atoms with Crippen molar-refractivity contribution >= 4 is 22.9 Å². The molecule has 1 atom stereocenters. The van der Waals surface area contributed by atoms with Gasteiger partial charge >= 0.3 is 5.69 Å². The van der Waals surface area contributed by atoms with Crippen LogP contribution in [0.3, 0.4) is 0 Å². The monoisotopic (exact) mass is 371 g/mol. The molecule has 1 N–H and O–H groups in total. The Morgan fingerprint density at radius 3 is 3.00 bits per heavy atom. The van der Waals surface area contributed by atoms with Crippen LogP contribution >= 0.6 is 11.3 Å². The van der Waals surface area contributed by atoms with E-state index in [0.29, 0.717) is 23.7 Å². The van der Waals surface area contributed by atoms with Crippen molar-refractivity contribution in [1.82, 2.24) is 24.5 Å². The van der Waals surface area contributed by atoms with Gasteiger partial charge < -0.3 is 4.90 Å². The number of aromatic nitrogens is 4. The number of hydrogen-bond donors (Lipinski definition) is 1. The molecule has 1 aliphatic heterocycles. The average Bonchev–Trinajstić information content (AvgIpc) is 3.29. The molecule has 0 aliphatic carbocycles. The highest BCUT2D eigenvalue weighted by atomic mass is 32.1. The Morgan fingerprint density at radius 1 is 1.38 bits per heavy atom. The zero-order valence-corrected chi connectivity index (χ0v) is 15.6. The summed E-state index contributed by atoms with van der Waals surface area (Å²) in [6.45, 7) is 5.69. The molecule has 0 bridgehead atoms. The van der Waals surface area contributed by atoms with Crippen LogP contribution in [0, 0.1) is 0 Å². The van der Waals surface area contributed by atoms with Gasteiger partial charge in [-0.2, -0.15) is 5.10 Å². The smallest absolute Gasteiger partial charge is 0.338 e. The topological polar surface area (TPSA) is 83.4 Å². The molecule has 1 saturated heterocycles. The molecule has 8 heteroatoms. The minimum Gasteiger partial charge on any atom is -0.338 e. The number of amides is 1. The molecule has 136 valence electrons. The molecule has 0 saturated carbocycles. The average molecular weight is 371 g/mol. The van der Waals surface area contributed by atoms with E-state index in [9.17, 15) is 9.59 Å². The van der Waals surface area contributed by atoms with Crippen molar-refractivity contribution in [3.8, 4) is 0 Å². The van der Waals surface area contributed by atoms with E-state index in [-0.39, 0.29) is 17.5 Å². The standard InChI is InChI=1S/C18H21N5O2S/c1-11(2)14-10-26-16(19-14)12-4-3-7-22(8-12)17(24)13-5-6-15-20-21-18(25)23(15)9-13/h5-6,9-12H,3-4,7-8H2,1-2H3,(H,21,25)/t12-/m0/s1. The third kappa shape index (κ3) is 3.05. The summed E-state index contributed by atoms with van der Waals surface area (Å²) in [5, 5.41) is 9.52. The van der Waals surface area contributed by atoms with Gasteiger partial charge in [0.15, 0.2) is 5.65 Å². The van der Waals surface area contributed by atoms with E-state index in [2.05, 4.69) is 29.4 Å². The normalized spacial score (nSPS) is 18.0. The number of rotatable bonds is 3. The number of H-pyrrole nitrogens is 1. The zero-order valence-electron chi connectivity index (χ0n) is 14.8. The predicted molar refractivity (Wildman–Crippen MR) is 99.9 cm³/mol. The first-order valence-electron chi connectivity index (χ1n) is 8.84. The number of aromatic amines is 1. The van der Waals surface area contributed by atoms with Crippen LogP contribution in [0.15, 0.2) is 28.5 Å². The van der Waals surface area contributed by atoms with E-state index in [1.807, 2.05) is 4.90 Å². The van der Waals surface area contributed by atoms with Gasteiger partial charge in [-0.1, -0.05) is 13.8 Å². The van der Waals surface area contributed by atoms with Crippen LogP contribution in [0.5, 0.6) is 0 Å². The van der Waals surface area contributed by atoms with Gasteiger partial charge in [0.1, 0.15) is 0 Å². The first-order valence-corrected chi connectivity index (χ1v) is 9.72.